The number of benzene rings is 1. The van der Waals surface area contributed by atoms with Crippen LogP contribution in [-0.2, 0) is 0 Å². The molecular weight excluding hydrogens is 246 g/mol. The number of hydrogen-bond donors (Lipinski definition) is 1. The fourth-order valence-corrected chi connectivity index (χ4v) is 3.14. The molecule has 1 aliphatic rings. The smallest absolute Gasteiger partial charge is 0.0473 e. The Hall–Kier alpha value is -0.900. The fraction of sp³-hybridized carbons (Fsp3) is 0.647. The number of nitrogens with zero attached hydrogens (tertiary/aromatic N) is 2. The molecule has 0 saturated carbocycles. The van der Waals surface area contributed by atoms with Crippen LogP contribution in [0, 0.1) is 6.92 Å². The highest BCUT2D eigenvalue weighted by Gasteiger charge is 2.25. The van der Waals surface area contributed by atoms with E-state index in [9.17, 15) is 0 Å². The summed E-state index contributed by atoms with van der Waals surface area (Å²) in [6, 6.07) is 9.87. The summed E-state index contributed by atoms with van der Waals surface area (Å²) in [6.45, 7) is 9.27. The van der Waals surface area contributed by atoms with Gasteiger partial charge >= 0.3 is 0 Å². The number of likely N-dealkylation sites (N-methyl/N-ethyl adjacent to an activating group) is 2. The lowest BCUT2D eigenvalue weighted by atomic mass is 9.98. The van der Waals surface area contributed by atoms with Crippen molar-refractivity contribution < 1.29 is 0 Å². The molecule has 1 saturated heterocycles. The summed E-state index contributed by atoms with van der Waals surface area (Å²) in [4.78, 5) is 5.07. The molecule has 0 radical (unpaired) electrons. The third kappa shape index (κ3) is 3.81. The topological polar surface area (TPSA) is 18.5 Å². The molecule has 2 rings (SSSR count). The van der Waals surface area contributed by atoms with Gasteiger partial charge in [-0.05, 0) is 53.0 Å². The predicted molar refractivity (Wildman–Crippen MR) is 86.1 cm³/mol. The van der Waals surface area contributed by atoms with Gasteiger partial charge in [-0.1, -0.05) is 29.8 Å². The molecule has 2 unspecified atom stereocenters. The molecule has 1 N–H and O–H groups in total. The Balaban J connectivity index is 2.08. The zero-order valence-electron chi connectivity index (χ0n) is 13.4. The van der Waals surface area contributed by atoms with Crippen molar-refractivity contribution in [1.82, 2.24) is 15.1 Å². The molecule has 20 heavy (non-hydrogen) atoms. The first-order valence-electron chi connectivity index (χ1n) is 7.78. The maximum absolute atomic E-state index is 3.51. The van der Waals surface area contributed by atoms with E-state index in [-0.39, 0.29) is 0 Å². The summed E-state index contributed by atoms with van der Waals surface area (Å²) in [5.74, 6) is 0. The zero-order valence-corrected chi connectivity index (χ0v) is 13.4. The molecule has 0 aliphatic carbocycles. The Labute approximate surface area is 124 Å². The van der Waals surface area contributed by atoms with Crippen molar-refractivity contribution in [3.63, 3.8) is 0 Å². The van der Waals surface area contributed by atoms with Gasteiger partial charge in [-0.25, -0.2) is 0 Å². The molecule has 112 valence electrons. The van der Waals surface area contributed by atoms with E-state index in [4.69, 9.17) is 0 Å². The molecule has 0 spiro atoms. The lowest BCUT2D eigenvalue weighted by Crippen LogP contribution is -2.43. The maximum atomic E-state index is 3.51. The molecule has 0 aromatic heterocycles. The van der Waals surface area contributed by atoms with Gasteiger partial charge in [-0.2, -0.15) is 0 Å². The normalized spacial score (nSPS) is 21.4. The summed E-state index contributed by atoms with van der Waals surface area (Å²) >= 11 is 0. The quantitative estimate of drug-likeness (QED) is 0.909. The Morgan fingerprint density at radius 2 is 1.75 bits per heavy atom. The number of rotatable bonds is 4. The van der Waals surface area contributed by atoms with Crippen LogP contribution in [0.15, 0.2) is 24.3 Å². The van der Waals surface area contributed by atoms with Gasteiger partial charge in [0.25, 0.3) is 0 Å². The predicted octanol–water partition coefficient (Wildman–Crippen LogP) is 2.28. The van der Waals surface area contributed by atoms with Crippen molar-refractivity contribution >= 4 is 0 Å². The number of nitrogens with one attached hydrogen (secondary N) is 1. The van der Waals surface area contributed by atoms with Crippen LogP contribution in [0.25, 0.3) is 0 Å². The van der Waals surface area contributed by atoms with Gasteiger partial charge in [0.15, 0.2) is 0 Å². The minimum absolute atomic E-state index is 0.402. The molecule has 1 aliphatic heterocycles. The Kier molecular flexibility index (Phi) is 5.58. The molecular formula is C17H29N3. The van der Waals surface area contributed by atoms with Crippen LogP contribution in [-0.4, -0.2) is 56.1 Å². The second-order valence-corrected chi connectivity index (χ2v) is 6.11. The van der Waals surface area contributed by atoms with E-state index in [0.717, 1.165) is 0 Å². The second kappa shape index (κ2) is 7.21. The lowest BCUT2D eigenvalue weighted by molar-refractivity contribution is 0.178. The van der Waals surface area contributed by atoms with E-state index in [1.165, 1.54) is 43.7 Å². The monoisotopic (exact) mass is 275 g/mol. The summed E-state index contributed by atoms with van der Waals surface area (Å²) in [7, 11) is 4.30. The van der Waals surface area contributed by atoms with E-state index in [1.807, 2.05) is 0 Å². The average Bonchev–Trinajstić information content (AvgIpc) is 2.66. The van der Waals surface area contributed by atoms with Crippen LogP contribution >= 0.6 is 0 Å². The van der Waals surface area contributed by atoms with Gasteiger partial charge in [-0.15, -0.1) is 0 Å². The summed E-state index contributed by atoms with van der Waals surface area (Å²) in [6.07, 6.45) is 1.27. The zero-order chi connectivity index (χ0) is 14.5. The van der Waals surface area contributed by atoms with Crippen molar-refractivity contribution in [2.75, 3.05) is 40.3 Å². The van der Waals surface area contributed by atoms with E-state index in [2.05, 4.69) is 67.3 Å². The minimum Gasteiger partial charge on any atom is -0.312 e. The van der Waals surface area contributed by atoms with Gasteiger partial charge in [0.05, 0.1) is 0 Å². The van der Waals surface area contributed by atoms with Crippen LogP contribution in [0.5, 0.6) is 0 Å². The molecule has 1 aromatic carbocycles. The summed E-state index contributed by atoms with van der Waals surface area (Å²) in [5.41, 5.74) is 2.72. The SMILES string of the molecule is CNC(c1ccc(C)cc1)C(C)N1CCCN(C)CC1. The molecule has 1 heterocycles. The molecule has 3 heteroatoms. The van der Waals surface area contributed by atoms with Crippen LogP contribution in [0.2, 0.25) is 0 Å². The van der Waals surface area contributed by atoms with Crippen molar-refractivity contribution in [2.24, 2.45) is 0 Å². The first kappa shape index (κ1) is 15.5. The van der Waals surface area contributed by atoms with Gasteiger partial charge < -0.3 is 10.2 Å². The minimum atomic E-state index is 0.402. The fourth-order valence-electron chi connectivity index (χ4n) is 3.14. The third-order valence-corrected chi connectivity index (χ3v) is 4.56. The van der Waals surface area contributed by atoms with Crippen molar-refractivity contribution in [1.29, 1.82) is 0 Å². The Morgan fingerprint density at radius 3 is 2.40 bits per heavy atom. The van der Waals surface area contributed by atoms with Crippen molar-refractivity contribution in [2.45, 2.75) is 32.4 Å². The second-order valence-electron chi connectivity index (χ2n) is 6.11. The Morgan fingerprint density at radius 1 is 1.05 bits per heavy atom. The molecule has 2 atom stereocenters. The van der Waals surface area contributed by atoms with Crippen molar-refractivity contribution in [3.8, 4) is 0 Å². The maximum Gasteiger partial charge on any atom is 0.0473 e. The van der Waals surface area contributed by atoms with Crippen LogP contribution in [0.4, 0.5) is 0 Å². The highest BCUT2D eigenvalue weighted by molar-refractivity contribution is 5.25. The Bertz CT molecular complexity index is 401. The average molecular weight is 275 g/mol. The molecule has 1 aromatic rings. The van der Waals surface area contributed by atoms with E-state index in [0.29, 0.717) is 12.1 Å². The molecule has 0 amide bonds. The van der Waals surface area contributed by atoms with E-state index < -0.39 is 0 Å². The van der Waals surface area contributed by atoms with Gasteiger partial charge in [0.2, 0.25) is 0 Å². The van der Waals surface area contributed by atoms with Gasteiger partial charge in [-0.3, -0.25) is 4.90 Å². The van der Waals surface area contributed by atoms with Gasteiger partial charge in [0, 0.05) is 25.2 Å². The van der Waals surface area contributed by atoms with E-state index in [1.54, 1.807) is 0 Å². The molecule has 3 nitrogen and oxygen atoms in total. The number of aryl methyl sites for hydroxylation is 1. The van der Waals surface area contributed by atoms with Crippen LogP contribution < -0.4 is 5.32 Å². The highest BCUT2D eigenvalue weighted by Crippen LogP contribution is 2.22. The van der Waals surface area contributed by atoms with Crippen molar-refractivity contribution in [3.05, 3.63) is 35.4 Å². The summed E-state index contributed by atoms with van der Waals surface area (Å²) < 4.78 is 0. The lowest BCUT2D eigenvalue weighted by Gasteiger charge is -2.34. The third-order valence-electron chi connectivity index (χ3n) is 4.56. The first-order valence-corrected chi connectivity index (χ1v) is 7.78. The van der Waals surface area contributed by atoms with E-state index >= 15 is 0 Å². The first-order chi connectivity index (χ1) is 9.61. The standard InChI is InChI=1S/C17H29N3/c1-14-6-8-16(9-7-14)17(18-3)15(2)20-11-5-10-19(4)12-13-20/h6-9,15,17-18H,5,10-13H2,1-4H3. The number of hydrogen-bond acceptors (Lipinski definition) is 3. The van der Waals surface area contributed by atoms with Crippen LogP contribution in [0.1, 0.15) is 30.5 Å². The largest absolute Gasteiger partial charge is 0.312 e. The van der Waals surface area contributed by atoms with Gasteiger partial charge in [0.1, 0.15) is 0 Å². The van der Waals surface area contributed by atoms with Crippen LogP contribution in [0.3, 0.4) is 0 Å². The highest BCUT2D eigenvalue weighted by atomic mass is 15.2. The molecule has 1 fully saturated rings. The molecule has 0 bridgehead atoms. The summed E-state index contributed by atoms with van der Waals surface area (Å²) in [5, 5.41) is 3.51.